The molecule has 17 heavy (non-hydrogen) atoms. The lowest BCUT2D eigenvalue weighted by molar-refractivity contribution is 0.415. The van der Waals surface area contributed by atoms with Gasteiger partial charge in [-0.2, -0.15) is 0 Å². The number of pyridine rings is 1. The normalized spacial score (nSPS) is 24.6. The summed E-state index contributed by atoms with van der Waals surface area (Å²) in [6.07, 6.45) is 5.99. The molecule has 3 heterocycles. The predicted molar refractivity (Wildman–Crippen MR) is 68.0 cm³/mol. The van der Waals surface area contributed by atoms with Gasteiger partial charge in [0, 0.05) is 25.2 Å². The van der Waals surface area contributed by atoms with Crippen LogP contribution in [-0.4, -0.2) is 27.6 Å². The van der Waals surface area contributed by atoms with Gasteiger partial charge in [-0.3, -0.25) is 4.98 Å². The van der Waals surface area contributed by atoms with Gasteiger partial charge in [0.1, 0.15) is 11.3 Å². The molecule has 1 unspecified atom stereocenters. The highest BCUT2D eigenvalue weighted by atomic mass is 15.1. The molecule has 1 aliphatic heterocycles. The monoisotopic (exact) mass is 230 g/mol. The fraction of sp³-hybridized carbons (Fsp3) is 0.538. The molecule has 1 atom stereocenters. The van der Waals surface area contributed by atoms with Gasteiger partial charge < -0.3 is 9.88 Å². The molecule has 1 saturated heterocycles. The SMILES string of the molecule is CCC1(c2nc3cnccc3n2C)CCNC1. The Morgan fingerprint density at radius 2 is 2.41 bits per heavy atom. The minimum Gasteiger partial charge on any atom is -0.331 e. The Balaban J connectivity index is 2.19. The van der Waals surface area contributed by atoms with Gasteiger partial charge in [0.05, 0.1) is 11.7 Å². The van der Waals surface area contributed by atoms with Gasteiger partial charge in [0.15, 0.2) is 0 Å². The van der Waals surface area contributed by atoms with Gasteiger partial charge in [0.25, 0.3) is 0 Å². The Morgan fingerprint density at radius 3 is 3.06 bits per heavy atom. The van der Waals surface area contributed by atoms with Crippen LogP contribution < -0.4 is 5.32 Å². The lowest BCUT2D eigenvalue weighted by atomic mass is 9.83. The number of imidazole rings is 1. The molecule has 1 fully saturated rings. The van der Waals surface area contributed by atoms with Crippen LogP contribution in [0, 0.1) is 0 Å². The molecule has 0 aliphatic carbocycles. The summed E-state index contributed by atoms with van der Waals surface area (Å²) >= 11 is 0. The number of hydrogen-bond acceptors (Lipinski definition) is 3. The van der Waals surface area contributed by atoms with Crippen LogP contribution in [0.3, 0.4) is 0 Å². The largest absolute Gasteiger partial charge is 0.331 e. The highest BCUT2D eigenvalue weighted by molar-refractivity contribution is 5.74. The number of aryl methyl sites for hydroxylation is 1. The highest BCUT2D eigenvalue weighted by Crippen LogP contribution is 2.34. The second-order valence-electron chi connectivity index (χ2n) is 4.92. The quantitative estimate of drug-likeness (QED) is 0.852. The van der Waals surface area contributed by atoms with Crippen molar-refractivity contribution in [2.24, 2.45) is 7.05 Å². The zero-order valence-electron chi connectivity index (χ0n) is 10.4. The van der Waals surface area contributed by atoms with E-state index in [-0.39, 0.29) is 5.41 Å². The molecule has 0 saturated carbocycles. The van der Waals surface area contributed by atoms with Crippen LogP contribution in [-0.2, 0) is 12.5 Å². The lowest BCUT2D eigenvalue weighted by Crippen LogP contribution is -2.31. The number of aromatic nitrogens is 3. The predicted octanol–water partition coefficient (Wildman–Crippen LogP) is 1.61. The summed E-state index contributed by atoms with van der Waals surface area (Å²) in [6.45, 7) is 4.38. The van der Waals surface area contributed by atoms with Crippen LogP contribution in [0.25, 0.3) is 11.0 Å². The van der Waals surface area contributed by atoms with Crippen LogP contribution >= 0.6 is 0 Å². The van der Waals surface area contributed by atoms with Crippen molar-refractivity contribution in [3.63, 3.8) is 0 Å². The van der Waals surface area contributed by atoms with E-state index in [1.807, 2.05) is 18.5 Å². The van der Waals surface area contributed by atoms with Crippen molar-refractivity contribution in [3.05, 3.63) is 24.3 Å². The third kappa shape index (κ3) is 1.47. The molecule has 4 heteroatoms. The van der Waals surface area contributed by atoms with Gasteiger partial charge in [-0.05, 0) is 25.5 Å². The van der Waals surface area contributed by atoms with Crippen molar-refractivity contribution in [1.29, 1.82) is 0 Å². The first-order valence-electron chi connectivity index (χ1n) is 6.24. The number of nitrogens with zero attached hydrogens (tertiary/aromatic N) is 3. The van der Waals surface area contributed by atoms with E-state index in [2.05, 4.69) is 28.8 Å². The first-order chi connectivity index (χ1) is 8.27. The van der Waals surface area contributed by atoms with Crippen molar-refractivity contribution in [2.75, 3.05) is 13.1 Å². The van der Waals surface area contributed by atoms with E-state index in [0.29, 0.717) is 0 Å². The third-order valence-electron chi connectivity index (χ3n) is 4.08. The van der Waals surface area contributed by atoms with Crippen molar-refractivity contribution < 1.29 is 0 Å². The minimum absolute atomic E-state index is 0.202. The smallest absolute Gasteiger partial charge is 0.117 e. The first-order valence-corrected chi connectivity index (χ1v) is 6.24. The van der Waals surface area contributed by atoms with Crippen molar-refractivity contribution in [1.82, 2.24) is 19.9 Å². The zero-order chi connectivity index (χ0) is 11.9. The zero-order valence-corrected chi connectivity index (χ0v) is 10.4. The van der Waals surface area contributed by atoms with Crippen molar-refractivity contribution >= 4 is 11.0 Å². The summed E-state index contributed by atoms with van der Waals surface area (Å²) in [4.78, 5) is 8.95. The van der Waals surface area contributed by atoms with Gasteiger partial charge in [-0.15, -0.1) is 0 Å². The highest BCUT2D eigenvalue weighted by Gasteiger charge is 2.37. The molecule has 1 aliphatic rings. The summed E-state index contributed by atoms with van der Waals surface area (Å²) in [6, 6.07) is 2.04. The summed E-state index contributed by atoms with van der Waals surface area (Å²) in [5, 5.41) is 3.47. The summed E-state index contributed by atoms with van der Waals surface area (Å²) in [5.41, 5.74) is 2.38. The van der Waals surface area contributed by atoms with Crippen LogP contribution in [0.15, 0.2) is 18.5 Å². The maximum absolute atomic E-state index is 4.80. The molecular formula is C13H18N4. The van der Waals surface area contributed by atoms with Gasteiger partial charge in [-0.25, -0.2) is 4.98 Å². The molecule has 0 bridgehead atoms. The number of nitrogens with one attached hydrogen (secondary N) is 1. The van der Waals surface area contributed by atoms with Gasteiger partial charge >= 0.3 is 0 Å². The van der Waals surface area contributed by atoms with Crippen LogP contribution in [0.2, 0.25) is 0 Å². The third-order valence-corrected chi connectivity index (χ3v) is 4.08. The van der Waals surface area contributed by atoms with E-state index in [0.717, 1.165) is 25.0 Å². The molecule has 0 spiro atoms. The fourth-order valence-corrected chi connectivity index (χ4v) is 2.92. The summed E-state index contributed by atoms with van der Waals surface area (Å²) < 4.78 is 2.23. The first kappa shape index (κ1) is 10.7. The van der Waals surface area contributed by atoms with E-state index in [1.54, 1.807) is 0 Å². The Morgan fingerprint density at radius 1 is 1.53 bits per heavy atom. The molecule has 4 nitrogen and oxygen atoms in total. The minimum atomic E-state index is 0.202. The van der Waals surface area contributed by atoms with Crippen molar-refractivity contribution in [3.8, 4) is 0 Å². The lowest BCUT2D eigenvalue weighted by Gasteiger charge is -2.25. The standard InChI is InChI=1S/C13H18N4/c1-3-13(5-7-15-9-13)12-16-10-8-14-6-4-11(10)17(12)2/h4,6,8,15H,3,5,7,9H2,1-2H3. The second-order valence-corrected chi connectivity index (χ2v) is 4.92. The van der Waals surface area contributed by atoms with E-state index < -0.39 is 0 Å². The number of rotatable bonds is 2. The summed E-state index contributed by atoms with van der Waals surface area (Å²) in [5.74, 6) is 1.20. The second kappa shape index (κ2) is 3.81. The fourth-order valence-electron chi connectivity index (χ4n) is 2.92. The Labute approximate surface area is 101 Å². The Hall–Kier alpha value is -1.42. The molecule has 0 amide bonds. The van der Waals surface area contributed by atoms with E-state index in [9.17, 15) is 0 Å². The van der Waals surface area contributed by atoms with E-state index >= 15 is 0 Å². The Kier molecular flexibility index (Phi) is 2.40. The van der Waals surface area contributed by atoms with Crippen LogP contribution in [0.5, 0.6) is 0 Å². The molecule has 2 aromatic rings. The molecule has 2 aromatic heterocycles. The molecule has 1 N–H and O–H groups in total. The molecule has 3 rings (SSSR count). The molecular weight excluding hydrogens is 212 g/mol. The van der Waals surface area contributed by atoms with Crippen molar-refractivity contribution in [2.45, 2.75) is 25.2 Å². The molecule has 0 aromatic carbocycles. The van der Waals surface area contributed by atoms with E-state index in [4.69, 9.17) is 4.98 Å². The van der Waals surface area contributed by atoms with E-state index in [1.165, 1.54) is 17.8 Å². The Bertz CT molecular complexity index is 537. The number of fused-ring (bicyclic) bond motifs is 1. The van der Waals surface area contributed by atoms with Gasteiger partial charge in [-0.1, -0.05) is 6.92 Å². The topological polar surface area (TPSA) is 42.7 Å². The van der Waals surface area contributed by atoms with Crippen LogP contribution in [0.1, 0.15) is 25.6 Å². The molecule has 90 valence electrons. The molecule has 0 radical (unpaired) electrons. The maximum atomic E-state index is 4.80. The van der Waals surface area contributed by atoms with Gasteiger partial charge in [0.2, 0.25) is 0 Å². The van der Waals surface area contributed by atoms with Crippen LogP contribution in [0.4, 0.5) is 0 Å². The maximum Gasteiger partial charge on any atom is 0.117 e. The summed E-state index contributed by atoms with van der Waals surface area (Å²) in [7, 11) is 2.11. The average Bonchev–Trinajstić information content (AvgIpc) is 2.96. The number of hydrogen-bond donors (Lipinski definition) is 1. The average molecular weight is 230 g/mol.